The summed E-state index contributed by atoms with van der Waals surface area (Å²) in [7, 11) is -2.73. The highest BCUT2D eigenvalue weighted by molar-refractivity contribution is 7.92. The van der Waals surface area contributed by atoms with E-state index < -0.39 is 22.5 Å². The minimum absolute atomic E-state index is 0.00984. The van der Waals surface area contributed by atoms with E-state index in [9.17, 15) is 13.2 Å². The molecule has 0 unspecified atom stereocenters. The molecule has 0 fully saturated rings. The topological polar surface area (TPSA) is 75.7 Å². The Hall–Kier alpha value is -2.45. The first-order valence-electron chi connectivity index (χ1n) is 8.88. The van der Waals surface area contributed by atoms with E-state index in [1.54, 1.807) is 24.3 Å². The Morgan fingerprint density at radius 2 is 1.58 bits per heavy atom. The molecule has 1 N–H and O–H groups in total. The molecular formula is C21H17Cl3N2O4S. The summed E-state index contributed by atoms with van der Waals surface area (Å²) in [5, 5.41) is 3.55. The lowest BCUT2D eigenvalue weighted by molar-refractivity contribution is -0.114. The van der Waals surface area contributed by atoms with Crippen molar-refractivity contribution in [2.24, 2.45) is 0 Å². The second kappa shape index (κ2) is 9.78. The van der Waals surface area contributed by atoms with Gasteiger partial charge in [0, 0.05) is 20.8 Å². The number of amides is 1. The van der Waals surface area contributed by atoms with Crippen molar-refractivity contribution in [3.05, 3.63) is 81.8 Å². The third-order valence-electron chi connectivity index (χ3n) is 4.17. The van der Waals surface area contributed by atoms with Gasteiger partial charge >= 0.3 is 0 Å². The standard InChI is InChI=1S/C21H17Cl3N2O4S/c1-30-20-8-7-14(22)12-19(20)26(31(28,29)18-5-3-2-4-6-18)13-21(27)25-17-10-15(23)9-16(24)11-17/h2-12H,13H2,1H3,(H,25,27). The number of hydrogen-bond donors (Lipinski definition) is 1. The van der Waals surface area contributed by atoms with E-state index in [0.29, 0.717) is 15.7 Å². The smallest absolute Gasteiger partial charge is 0.264 e. The van der Waals surface area contributed by atoms with Crippen molar-refractivity contribution < 1.29 is 17.9 Å². The number of ether oxygens (including phenoxy) is 1. The van der Waals surface area contributed by atoms with Crippen LogP contribution in [-0.4, -0.2) is 28.0 Å². The van der Waals surface area contributed by atoms with Gasteiger partial charge in [0.2, 0.25) is 5.91 Å². The summed E-state index contributed by atoms with van der Waals surface area (Å²) >= 11 is 18.1. The highest BCUT2D eigenvalue weighted by atomic mass is 35.5. The van der Waals surface area contributed by atoms with E-state index in [1.165, 1.54) is 49.6 Å². The van der Waals surface area contributed by atoms with Crippen molar-refractivity contribution in [2.75, 3.05) is 23.3 Å². The SMILES string of the molecule is COc1ccc(Cl)cc1N(CC(=O)Nc1cc(Cl)cc(Cl)c1)S(=O)(=O)c1ccccc1. The maximum atomic E-state index is 13.4. The van der Waals surface area contributed by atoms with Crippen LogP contribution in [0.5, 0.6) is 5.75 Å². The number of benzene rings is 3. The number of nitrogens with zero attached hydrogens (tertiary/aromatic N) is 1. The van der Waals surface area contributed by atoms with Gasteiger partial charge in [-0.2, -0.15) is 0 Å². The first-order valence-corrected chi connectivity index (χ1v) is 11.5. The molecule has 162 valence electrons. The zero-order chi connectivity index (χ0) is 22.6. The van der Waals surface area contributed by atoms with Gasteiger partial charge in [-0.25, -0.2) is 8.42 Å². The Balaban J connectivity index is 2.02. The number of hydrogen-bond acceptors (Lipinski definition) is 4. The van der Waals surface area contributed by atoms with Gasteiger partial charge in [-0.3, -0.25) is 9.10 Å². The van der Waals surface area contributed by atoms with Crippen molar-refractivity contribution in [1.29, 1.82) is 0 Å². The summed E-state index contributed by atoms with van der Waals surface area (Å²) in [6.45, 7) is -0.544. The number of rotatable bonds is 7. The van der Waals surface area contributed by atoms with Crippen LogP contribution < -0.4 is 14.4 Å². The Morgan fingerprint density at radius 3 is 2.19 bits per heavy atom. The van der Waals surface area contributed by atoms with Crippen LogP contribution in [0.1, 0.15) is 0 Å². The molecule has 31 heavy (non-hydrogen) atoms. The average molecular weight is 500 g/mol. The Morgan fingerprint density at radius 1 is 0.935 bits per heavy atom. The van der Waals surface area contributed by atoms with Crippen molar-refractivity contribution in [1.82, 2.24) is 0 Å². The van der Waals surface area contributed by atoms with Gasteiger partial charge in [-0.1, -0.05) is 53.0 Å². The molecule has 0 aliphatic rings. The summed E-state index contributed by atoms with van der Waals surface area (Å²) in [6.07, 6.45) is 0. The molecule has 0 aromatic heterocycles. The average Bonchev–Trinajstić information content (AvgIpc) is 2.71. The Labute approximate surface area is 195 Å². The van der Waals surface area contributed by atoms with Gasteiger partial charge in [0.15, 0.2) is 0 Å². The minimum atomic E-state index is -4.13. The van der Waals surface area contributed by atoms with Crippen molar-refractivity contribution in [2.45, 2.75) is 4.90 Å². The number of carbonyl (C=O) groups excluding carboxylic acids is 1. The van der Waals surface area contributed by atoms with Crippen LogP contribution in [-0.2, 0) is 14.8 Å². The van der Waals surface area contributed by atoms with Crippen LogP contribution >= 0.6 is 34.8 Å². The molecule has 1 amide bonds. The number of sulfonamides is 1. The fourth-order valence-corrected chi connectivity index (χ4v) is 4.97. The van der Waals surface area contributed by atoms with Crippen LogP contribution in [0.15, 0.2) is 71.6 Å². The maximum absolute atomic E-state index is 13.4. The van der Waals surface area contributed by atoms with Gasteiger partial charge in [-0.05, 0) is 48.5 Å². The van der Waals surface area contributed by atoms with Crippen LogP contribution in [0.25, 0.3) is 0 Å². The molecule has 3 rings (SSSR count). The zero-order valence-corrected chi connectivity index (χ0v) is 19.3. The van der Waals surface area contributed by atoms with Gasteiger partial charge < -0.3 is 10.1 Å². The van der Waals surface area contributed by atoms with E-state index >= 15 is 0 Å². The van der Waals surface area contributed by atoms with E-state index in [-0.39, 0.29) is 21.4 Å². The number of halogens is 3. The highest BCUT2D eigenvalue weighted by Crippen LogP contribution is 2.35. The van der Waals surface area contributed by atoms with Crippen LogP contribution in [0.2, 0.25) is 15.1 Å². The van der Waals surface area contributed by atoms with Crippen LogP contribution in [0.4, 0.5) is 11.4 Å². The molecule has 0 saturated heterocycles. The quantitative estimate of drug-likeness (QED) is 0.466. The molecule has 0 bridgehead atoms. The molecule has 3 aromatic rings. The molecule has 0 spiro atoms. The van der Waals surface area contributed by atoms with Crippen molar-refractivity contribution in [3.63, 3.8) is 0 Å². The third kappa shape index (κ3) is 5.62. The summed E-state index contributed by atoms with van der Waals surface area (Å²) < 4.78 is 33.1. The van der Waals surface area contributed by atoms with E-state index in [2.05, 4.69) is 5.32 Å². The summed E-state index contributed by atoms with van der Waals surface area (Å²) in [5.74, 6) is -0.373. The fourth-order valence-electron chi connectivity index (χ4n) is 2.83. The second-order valence-corrected chi connectivity index (χ2v) is 9.52. The predicted octanol–water partition coefficient (Wildman–Crippen LogP) is 5.49. The number of anilines is 2. The molecule has 0 saturated carbocycles. The van der Waals surface area contributed by atoms with E-state index in [4.69, 9.17) is 39.5 Å². The Kier molecular flexibility index (Phi) is 7.33. The molecule has 0 atom stereocenters. The van der Waals surface area contributed by atoms with Crippen molar-refractivity contribution >= 4 is 62.1 Å². The molecule has 0 aliphatic heterocycles. The maximum Gasteiger partial charge on any atom is 0.264 e. The molecule has 0 radical (unpaired) electrons. The van der Waals surface area contributed by atoms with Crippen LogP contribution in [0, 0.1) is 0 Å². The molecule has 3 aromatic carbocycles. The number of methoxy groups -OCH3 is 1. The first kappa shape index (κ1) is 23.2. The van der Waals surface area contributed by atoms with Gasteiger partial charge in [0.1, 0.15) is 12.3 Å². The normalized spacial score (nSPS) is 11.1. The molecular weight excluding hydrogens is 483 g/mol. The Bertz CT molecular complexity index is 1180. The molecule has 0 heterocycles. The third-order valence-corrected chi connectivity index (χ3v) is 6.62. The largest absolute Gasteiger partial charge is 0.495 e. The predicted molar refractivity (Wildman–Crippen MR) is 124 cm³/mol. The van der Waals surface area contributed by atoms with Gasteiger partial charge in [0.05, 0.1) is 17.7 Å². The zero-order valence-electron chi connectivity index (χ0n) is 16.2. The van der Waals surface area contributed by atoms with E-state index in [1.807, 2.05) is 0 Å². The number of nitrogens with one attached hydrogen (secondary N) is 1. The highest BCUT2D eigenvalue weighted by Gasteiger charge is 2.29. The molecule has 6 nitrogen and oxygen atoms in total. The number of carbonyl (C=O) groups is 1. The summed E-state index contributed by atoms with van der Waals surface area (Å²) in [4.78, 5) is 12.8. The lowest BCUT2D eigenvalue weighted by Crippen LogP contribution is -2.38. The lowest BCUT2D eigenvalue weighted by Gasteiger charge is -2.26. The van der Waals surface area contributed by atoms with Crippen molar-refractivity contribution in [3.8, 4) is 5.75 Å². The lowest BCUT2D eigenvalue weighted by atomic mass is 10.3. The van der Waals surface area contributed by atoms with Crippen LogP contribution in [0.3, 0.4) is 0 Å². The van der Waals surface area contributed by atoms with Gasteiger partial charge in [0.25, 0.3) is 10.0 Å². The fraction of sp³-hybridized carbons (Fsp3) is 0.0952. The van der Waals surface area contributed by atoms with E-state index in [0.717, 1.165) is 4.31 Å². The molecule has 0 aliphatic carbocycles. The first-order chi connectivity index (χ1) is 14.7. The van der Waals surface area contributed by atoms with Gasteiger partial charge in [-0.15, -0.1) is 0 Å². The second-order valence-electron chi connectivity index (χ2n) is 6.35. The minimum Gasteiger partial charge on any atom is -0.495 e. The monoisotopic (exact) mass is 498 g/mol. The molecule has 10 heteroatoms. The summed E-state index contributed by atoms with van der Waals surface area (Å²) in [6, 6.07) is 16.8. The summed E-state index contributed by atoms with van der Waals surface area (Å²) in [5.41, 5.74) is 0.454.